The van der Waals surface area contributed by atoms with Crippen molar-refractivity contribution in [3.05, 3.63) is 35.4 Å². The quantitative estimate of drug-likeness (QED) is 0.778. The monoisotopic (exact) mass is 286 g/mol. The Morgan fingerprint density at radius 1 is 1.19 bits per heavy atom. The van der Waals surface area contributed by atoms with Gasteiger partial charge in [0.2, 0.25) is 5.91 Å². The van der Waals surface area contributed by atoms with E-state index in [1.165, 1.54) is 6.42 Å². The van der Waals surface area contributed by atoms with Crippen molar-refractivity contribution in [2.75, 3.05) is 0 Å². The Kier molecular flexibility index (Phi) is 2.63. The maximum absolute atomic E-state index is 12.3. The first kappa shape index (κ1) is 12.8. The van der Waals surface area contributed by atoms with Crippen molar-refractivity contribution in [2.45, 2.75) is 43.3 Å². The van der Waals surface area contributed by atoms with Crippen LogP contribution in [0.3, 0.4) is 0 Å². The molecule has 3 N–H and O–H groups in total. The van der Waals surface area contributed by atoms with E-state index in [9.17, 15) is 9.59 Å². The molecule has 2 saturated carbocycles. The first-order valence-electron chi connectivity index (χ1n) is 7.49. The molecule has 0 unspecified atom stereocenters. The minimum Gasteiger partial charge on any atom is -0.478 e. The standard InChI is InChI=1S/C16H18N2O3/c19-14(13-8-10-7-12(10)17-13)18-16(5-6-16)11-3-1-9(2-4-11)15(20)21/h1-4,10,12-13,17H,5-8H2,(H,18,19)(H,20,21)/t10-,12+,13+/m0/s1. The van der Waals surface area contributed by atoms with Crippen LogP contribution in [0, 0.1) is 5.92 Å². The summed E-state index contributed by atoms with van der Waals surface area (Å²) in [6.45, 7) is 0. The van der Waals surface area contributed by atoms with Crippen molar-refractivity contribution >= 4 is 11.9 Å². The number of benzene rings is 1. The van der Waals surface area contributed by atoms with E-state index in [4.69, 9.17) is 5.11 Å². The minimum atomic E-state index is -0.926. The molecule has 3 atom stereocenters. The van der Waals surface area contributed by atoms with Gasteiger partial charge in [-0.1, -0.05) is 12.1 Å². The number of carboxylic acids is 1. The van der Waals surface area contributed by atoms with Gasteiger partial charge in [-0.3, -0.25) is 4.79 Å². The Morgan fingerprint density at radius 2 is 1.90 bits per heavy atom. The van der Waals surface area contributed by atoms with Gasteiger partial charge < -0.3 is 15.7 Å². The third kappa shape index (κ3) is 2.21. The fourth-order valence-electron chi connectivity index (χ4n) is 3.39. The zero-order chi connectivity index (χ0) is 14.6. The van der Waals surface area contributed by atoms with Crippen LogP contribution in [0.25, 0.3) is 0 Å². The number of carboxylic acid groups (broad SMARTS) is 1. The molecule has 0 spiro atoms. The highest BCUT2D eigenvalue weighted by Crippen LogP contribution is 2.46. The molecule has 21 heavy (non-hydrogen) atoms. The molecule has 1 amide bonds. The second-order valence-electron chi connectivity index (χ2n) is 6.51. The summed E-state index contributed by atoms with van der Waals surface area (Å²) in [5.41, 5.74) is 1.00. The number of fused-ring (bicyclic) bond motifs is 1. The number of hydrogen-bond acceptors (Lipinski definition) is 3. The second-order valence-corrected chi connectivity index (χ2v) is 6.51. The zero-order valence-electron chi connectivity index (χ0n) is 11.6. The van der Waals surface area contributed by atoms with Crippen LogP contribution in [0.1, 0.15) is 41.6 Å². The Balaban J connectivity index is 1.46. The fourth-order valence-corrected chi connectivity index (χ4v) is 3.39. The molecule has 1 aliphatic heterocycles. The first-order chi connectivity index (χ1) is 10.1. The molecule has 2 aliphatic carbocycles. The van der Waals surface area contributed by atoms with Crippen LogP contribution in [0.4, 0.5) is 0 Å². The van der Waals surface area contributed by atoms with Crippen molar-refractivity contribution in [1.82, 2.24) is 10.6 Å². The van der Waals surface area contributed by atoms with E-state index in [-0.39, 0.29) is 23.1 Å². The van der Waals surface area contributed by atoms with Gasteiger partial charge >= 0.3 is 5.97 Å². The first-order valence-corrected chi connectivity index (χ1v) is 7.49. The third-order valence-corrected chi connectivity index (χ3v) is 4.99. The summed E-state index contributed by atoms with van der Waals surface area (Å²) in [5.74, 6) is -0.141. The summed E-state index contributed by atoms with van der Waals surface area (Å²) in [6, 6.07) is 7.35. The molecular formula is C16H18N2O3. The molecule has 110 valence electrons. The van der Waals surface area contributed by atoms with Gasteiger partial charge in [0.15, 0.2) is 0 Å². The molecule has 5 nitrogen and oxygen atoms in total. The Bertz CT molecular complexity index is 596. The van der Waals surface area contributed by atoms with Gasteiger partial charge in [0.05, 0.1) is 17.1 Å². The lowest BCUT2D eigenvalue weighted by atomic mass is 10.0. The topological polar surface area (TPSA) is 78.4 Å². The van der Waals surface area contributed by atoms with Crippen molar-refractivity contribution < 1.29 is 14.7 Å². The number of rotatable bonds is 4. The average molecular weight is 286 g/mol. The van der Waals surface area contributed by atoms with E-state index in [0.717, 1.165) is 24.8 Å². The molecule has 1 heterocycles. The minimum absolute atomic E-state index is 0.0514. The SMILES string of the molecule is O=C(O)c1ccc(C2(NC(=O)[C@H]3C[C@@H]4C[C@H]4N3)CC2)cc1. The summed E-state index contributed by atoms with van der Waals surface area (Å²) in [6.07, 6.45) is 4.01. The fraction of sp³-hybridized carbons (Fsp3) is 0.500. The number of hydrogen-bond donors (Lipinski definition) is 3. The average Bonchev–Trinajstić information content (AvgIpc) is 3.39. The highest BCUT2D eigenvalue weighted by molar-refractivity contribution is 5.87. The molecule has 4 rings (SSSR count). The van der Waals surface area contributed by atoms with Gasteiger partial charge in [0.25, 0.3) is 0 Å². The maximum atomic E-state index is 12.3. The van der Waals surface area contributed by atoms with Crippen LogP contribution in [-0.2, 0) is 10.3 Å². The van der Waals surface area contributed by atoms with Crippen LogP contribution in [0.2, 0.25) is 0 Å². The molecule has 0 bridgehead atoms. The number of carbonyl (C=O) groups excluding carboxylic acids is 1. The van der Waals surface area contributed by atoms with Crippen LogP contribution in [-0.4, -0.2) is 29.1 Å². The predicted molar refractivity (Wildman–Crippen MR) is 75.9 cm³/mol. The summed E-state index contributed by atoms with van der Waals surface area (Å²) in [7, 11) is 0. The molecule has 5 heteroatoms. The number of carbonyl (C=O) groups is 2. The van der Waals surface area contributed by atoms with E-state index in [1.807, 2.05) is 12.1 Å². The molecule has 1 aromatic rings. The number of amides is 1. The van der Waals surface area contributed by atoms with Crippen molar-refractivity contribution in [2.24, 2.45) is 5.92 Å². The van der Waals surface area contributed by atoms with E-state index in [2.05, 4.69) is 10.6 Å². The normalized spacial score (nSPS) is 31.3. The van der Waals surface area contributed by atoms with Gasteiger partial charge in [0.1, 0.15) is 0 Å². The van der Waals surface area contributed by atoms with E-state index in [0.29, 0.717) is 12.0 Å². The number of piperidine rings is 1. The largest absolute Gasteiger partial charge is 0.478 e. The predicted octanol–water partition coefficient (Wildman–Crippen LogP) is 1.24. The van der Waals surface area contributed by atoms with Gasteiger partial charge in [0, 0.05) is 6.04 Å². The lowest BCUT2D eigenvalue weighted by molar-refractivity contribution is -0.124. The third-order valence-electron chi connectivity index (χ3n) is 4.99. The lowest BCUT2D eigenvalue weighted by Crippen LogP contribution is -2.46. The van der Waals surface area contributed by atoms with Gasteiger partial charge in [-0.25, -0.2) is 4.79 Å². The highest BCUT2D eigenvalue weighted by atomic mass is 16.4. The van der Waals surface area contributed by atoms with Crippen molar-refractivity contribution in [3.63, 3.8) is 0 Å². The second kappa shape index (κ2) is 4.31. The summed E-state index contributed by atoms with van der Waals surface area (Å²) < 4.78 is 0. The summed E-state index contributed by atoms with van der Waals surface area (Å²) in [5, 5.41) is 15.5. The Labute approximate surface area is 122 Å². The summed E-state index contributed by atoms with van der Waals surface area (Å²) >= 11 is 0. The number of nitrogens with one attached hydrogen (secondary N) is 2. The highest BCUT2D eigenvalue weighted by Gasteiger charge is 2.51. The maximum Gasteiger partial charge on any atom is 0.335 e. The molecule has 0 aromatic heterocycles. The lowest BCUT2D eigenvalue weighted by Gasteiger charge is -2.21. The van der Waals surface area contributed by atoms with Crippen LogP contribution < -0.4 is 10.6 Å². The van der Waals surface area contributed by atoms with Gasteiger partial charge in [-0.05, 0) is 49.3 Å². The van der Waals surface area contributed by atoms with Crippen LogP contribution >= 0.6 is 0 Å². The molecule has 3 fully saturated rings. The molecule has 1 aromatic carbocycles. The molecular weight excluding hydrogens is 268 g/mol. The number of aromatic carboxylic acids is 1. The van der Waals surface area contributed by atoms with Crippen molar-refractivity contribution in [3.8, 4) is 0 Å². The van der Waals surface area contributed by atoms with E-state index >= 15 is 0 Å². The Hall–Kier alpha value is -1.88. The smallest absolute Gasteiger partial charge is 0.335 e. The van der Waals surface area contributed by atoms with E-state index < -0.39 is 5.97 Å². The molecule has 0 radical (unpaired) electrons. The summed E-state index contributed by atoms with van der Waals surface area (Å²) in [4.78, 5) is 23.2. The molecule has 3 aliphatic rings. The zero-order valence-corrected chi connectivity index (χ0v) is 11.6. The van der Waals surface area contributed by atoms with Gasteiger partial charge in [-0.2, -0.15) is 0 Å². The van der Waals surface area contributed by atoms with Gasteiger partial charge in [-0.15, -0.1) is 0 Å². The van der Waals surface area contributed by atoms with Crippen LogP contribution in [0.15, 0.2) is 24.3 Å². The van der Waals surface area contributed by atoms with E-state index in [1.54, 1.807) is 12.1 Å². The molecule has 1 saturated heterocycles. The Morgan fingerprint density at radius 3 is 2.43 bits per heavy atom. The van der Waals surface area contributed by atoms with Crippen molar-refractivity contribution in [1.29, 1.82) is 0 Å². The van der Waals surface area contributed by atoms with Crippen LogP contribution in [0.5, 0.6) is 0 Å².